The molecule has 2 heteroatoms. The van der Waals surface area contributed by atoms with E-state index in [4.69, 9.17) is 0 Å². The van der Waals surface area contributed by atoms with E-state index < -0.39 is 0 Å². The lowest BCUT2D eigenvalue weighted by Gasteiger charge is -2.35. The quantitative estimate of drug-likeness (QED) is 0.782. The van der Waals surface area contributed by atoms with E-state index in [1.54, 1.807) is 0 Å². The molecular formula is C16H32N2. The fourth-order valence-electron chi connectivity index (χ4n) is 3.64. The standard InChI is InChI=1S/C16H32N2/c1-13(15-10-17-11-15)5-7-16(2,3)9-14-6-8-18(4)12-14/h13-15,17H,5-12H2,1-4H3. The molecule has 1 N–H and O–H groups in total. The molecule has 2 aliphatic rings. The average Bonchev–Trinajstić information content (AvgIpc) is 2.58. The summed E-state index contributed by atoms with van der Waals surface area (Å²) in [5.74, 6) is 2.82. The van der Waals surface area contributed by atoms with Crippen molar-refractivity contribution in [3.05, 3.63) is 0 Å². The maximum atomic E-state index is 3.40. The van der Waals surface area contributed by atoms with Crippen molar-refractivity contribution >= 4 is 0 Å². The van der Waals surface area contributed by atoms with Crippen molar-refractivity contribution in [1.82, 2.24) is 10.2 Å². The van der Waals surface area contributed by atoms with Crippen molar-refractivity contribution < 1.29 is 0 Å². The zero-order chi connectivity index (χ0) is 13.2. The maximum absolute atomic E-state index is 3.40. The molecule has 0 aromatic heterocycles. The van der Waals surface area contributed by atoms with Crippen LogP contribution in [0, 0.1) is 23.2 Å². The summed E-state index contributed by atoms with van der Waals surface area (Å²) < 4.78 is 0. The third-order valence-electron chi connectivity index (χ3n) is 5.22. The highest BCUT2D eigenvalue weighted by Crippen LogP contribution is 2.36. The summed E-state index contributed by atoms with van der Waals surface area (Å²) in [5, 5.41) is 3.40. The Kier molecular flexibility index (Phi) is 4.71. The van der Waals surface area contributed by atoms with Gasteiger partial charge < -0.3 is 10.2 Å². The van der Waals surface area contributed by atoms with Gasteiger partial charge in [0.1, 0.15) is 0 Å². The molecule has 0 aromatic carbocycles. The van der Waals surface area contributed by atoms with Crippen LogP contribution in [0.5, 0.6) is 0 Å². The Balaban J connectivity index is 1.69. The predicted molar refractivity (Wildman–Crippen MR) is 78.8 cm³/mol. The van der Waals surface area contributed by atoms with Gasteiger partial charge in [-0.25, -0.2) is 0 Å². The molecule has 18 heavy (non-hydrogen) atoms. The second kappa shape index (κ2) is 5.92. The number of likely N-dealkylation sites (tertiary alicyclic amines) is 1. The second-order valence-electron chi connectivity index (χ2n) is 7.72. The Morgan fingerprint density at radius 3 is 2.56 bits per heavy atom. The summed E-state index contributed by atoms with van der Waals surface area (Å²) in [6.07, 6.45) is 5.67. The molecule has 2 saturated heterocycles. The van der Waals surface area contributed by atoms with E-state index >= 15 is 0 Å². The predicted octanol–water partition coefficient (Wildman–Crippen LogP) is 2.99. The SMILES string of the molecule is CC(CCC(C)(C)CC1CCN(C)C1)C1CNC1. The molecular weight excluding hydrogens is 220 g/mol. The first kappa shape index (κ1) is 14.3. The van der Waals surface area contributed by atoms with Crippen molar-refractivity contribution in [1.29, 1.82) is 0 Å². The molecule has 0 aliphatic carbocycles. The lowest BCUT2D eigenvalue weighted by Crippen LogP contribution is -2.45. The summed E-state index contributed by atoms with van der Waals surface area (Å²) >= 11 is 0. The van der Waals surface area contributed by atoms with E-state index in [0.29, 0.717) is 5.41 Å². The van der Waals surface area contributed by atoms with Gasteiger partial charge in [0.25, 0.3) is 0 Å². The van der Waals surface area contributed by atoms with Gasteiger partial charge in [-0.2, -0.15) is 0 Å². The minimum Gasteiger partial charge on any atom is -0.316 e. The Labute approximate surface area is 114 Å². The van der Waals surface area contributed by atoms with Crippen LogP contribution in [-0.2, 0) is 0 Å². The molecule has 2 heterocycles. The van der Waals surface area contributed by atoms with Crippen LogP contribution < -0.4 is 5.32 Å². The van der Waals surface area contributed by atoms with Gasteiger partial charge in [0.2, 0.25) is 0 Å². The maximum Gasteiger partial charge on any atom is 0.000729 e. The minimum atomic E-state index is 0.543. The molecule has 0 radical (unpaired) electrons. The summed E-state index contributed by atoms with van der Waals surface area (Å²) in [5.41, 5.74) is 0.543. The summed E-state index contributed by atoms with van der Waals surface area (Å²) in [6.45, 7) is 12.6. The van der Waals surface area contributed by atoms with E-state index in [2.05, 4.69) is 38.0 Å². The first-order valence-corrected chi connectivity index (χ1v) is 7.85. The zero-order valence-corrected chi connectivity index (χ0v) is 12.8. The molecule has 0 bridgehead atoms. The molecule has 2 nitrogen and oxygen atoms in total. The van der Waals surface area contributed by atoms with Crippen LogP contribution in [0.15, 0.2) is 0 Å². The number of rotatable bonds is 6. The number of nitrogens with zero attached hydrogens (tertiary/aromatic N) is 1. The summed E-state index contributed by atoms with van der Waals surface area (Å²) in [6, 6.07) is 0. The van der Waals surface area contributed by atoms with Gasteiger partial charge in [-0.3, -0.25) is 0 Å². The highest BCUT2D eigenvalue weighted by atomic mass is 15.1. The van der Waals surface area contributed by atoms with E-state index in [9.17, 15) is 0 Å². The lowest BCUT2D eigenvalue weighted by atomic mass is 9.75. The normalized spacial score (nSPS) is 28.3. The van der Waals surface area contributed by atoms with Gasteiger partial charge in [-0.1, -0.05) is 20.8 Å². The van der Waals surface area contributed by atoms with E-state index in [1.165, 1.54) is 51.9 Å². The first-order chi connectivity index (χ1) is 8.46. The van der Waals surface area contributed by atoms with Gasteiger partial charge in [-0.05, 0) is 75.5 Å². The molecule has 2 rings (SSSR count). The average molecular weight is 252 g/mol. The van der Waals surface area contributed by atoms with Crippen molar-refractivity contribution in [2.45, 2.75) is 46.5 Å². The van der Waals surface area contributed by atoms with Gasteiger partial charge in [-0.15, -0.1) is 0 Å². The van der Waals surface area contributed by atoms with Crippen molar-refractivity contribution in [3.63, 3.8) is 0 Å². The van der Waals surface area contributed by atoms with Gasteiger partial charge >= 0.3 is 0 Å². The smallest absolute Gasteiger partial charge is 0.000729 e. The van der Waals surface area contributed by atoms with Crippen LogP contribution in [0.4, 0.5) is 0 Å². The van der Waals surface area contributed by atoms with E-state index in [1.807, 2.05) is 0 Å². The fourth-order valence-corrected chi connectivity index (χ4v) is 3.64. The molecule has 0 saturated carbocycles. The molecule has 106 valence electrons. The fraction of sp³-hybridized carbons (Fsp3) is 1.00. The molecule has 2 unspecified atom stereocenters. The van der Waals surface area contributed by atoms with E-state index in [0.717, 1.165) is 17.8 Å². The number of nitrogens with one attached hydrogen (secondary N) is 1. The third kappa shape index (κ3) is 3.96. The molecule has 2 fully saturated rings. The van der Waals surface area contributed by atoms with Crippen LogP contribution in [0.25, 0.3) is 0 Å². The molecule has 0 spiro atoms. The molecule has 0 amide bonds. The van der Waals surface area contributed by atoms with Crippen LogP contribution in [-0.4, -0.2) is 38.1 Å². The zero-order valence-electron chi connectivity index (χ0n) is 12.8. The monoisotopic (exact) mass is 252 g/mol. The summed E-state index contributed by atoms with van der Waals surface area (Å²) in [7, 11) is 2.26. The van der Waals surface area contributed by atoms with Crippen LogP contribution in [0.1, 0.15) is 46.5 Å². The number of hydrogen-bond donors (Lipinski definition) is 1. The largest absolute Gasteiger partial charge is 0.316 e. The third-order valence-corrected chi connectivity index (χ3v) is 5.22. The minimum absolute atomic E-state index is 0.543. The highest BCUT2D eigenvalue weighted by molar-refractivity contribution is 4.83. The van der Waals surface area contributed by atoms with Crippen molar-refractivity contribution in [2.75, 3.05) is 33.2 Å². The van der Waals surface area contributed by atoms with Crippen LogP contribution in [0.2, 0.25) is 0 Å². The van der Waals surface area contributed by atoms with E-state index in [-0.39, 0.29) is 0 Å². The Hall–Kier alpha value is -0.0800. The molecule has 2 atom stereocenters. The van der Waals surface area contributed by atoms with Gasteiger partial charge in [0.15, 0.2) is 0 Å². The highest BCUT2D eigenvalue weighted by Gasteiger charge is 2.29. The van der Waals surface area contributed by atoms with Crippen molar-refractivity contribution in [3.8, 4) is 0 Å². The second-order valence-corrected chi connectivity index (χ2v) is 7.72. The Morgan fingerprint density at radius 2 is 2.06 bits per heavy atom. The van der Waals surface area contributed by atoms with Crippen LogP contribution >= 0.6 is 0 Å². The van der Waals surface area contributed by atoms with Crippen LogP contribution in [0.3, 0.4) is 0 Å². The number of hydrogen-bond acceptors (Lipinski definition) is 2. The Morgan fingerprint density at radius 1 is 1.33 bits per heavy atom. The van der Waals surface area contributed by atoms with Gasteiger partial charge in [0.05, 0.1) is 0 Å². The molecule has 0 aromatic rings. The summed E-state index contributed by atoms with van der Waals surface area (Å²) in [4.78, 5) is 2.49. The Bertz CT molecular complexity index is 258. The van der Waals surface area contributed by atoms with Crippen molar-refractivity contribution in [2.24, 2.45) is 23.2 Å². The lowest BCUT2D eigenvalue weighted by molar-refractivity contribution is 0.185. The topological polar surface area (TPSA) is 15.3 Å². The van der Waals surface area contributed by atoms with Gasteiger partial charge in [0, 0.05) is 6.54 Å². The first-order valence-electron chi connectivity index (χ1n) is 7.85. The molecule has 2 aliphatic heterocycles.